The Morgan fingerprint density at radius 2 is 1.89 bits per heavy atom. The number of amides is 1. The molecule has 3 saturated heterocycles. The molecular weight excluding hydrogens is 352 g/mol. The van der Waals surface area contributed by atoms with Crippen LogP contribution in [0.15, 0.2) is 24.4 Å². The van der Waals surface area contributed by atoms with Crippen molar-refractivity contribution >= 4 is 17.4 Å². The van der Waals surface area contributed by atoms with Crippen LogP contribution in [0.4, 0.5) is 11.5 Å². The molecule has 0 bridgehead atoms. The van der Waals surface area contributed by atoms with Crippen molar-refractivity contribution in [2.24, 2.45) is 0 Å². The van der Waals surface area contributed by atoms with Gasteiger partial charge in [0.05, 0.1) is 11.4 Å². The van der Waals surface area contributed by atoms with E-state index in [1.165, 1.54) is 31.6 Å². The first-order valence-corrected chi connectivity index (χ1v) is 10.5. The molecule has 0 saturated carbocycles. The molecule has 3 aliphatic heterocycles. The summed E-state index contributed by atoms with van der Waals surface area (Å²) in [5.41, 5.74) is 3.03. The molecule has 7 nitrogen and oxygen atoms in total. The zero-order chi connectivity index (χ0) is 19.5. The molecule has 0 aromatic carbocycles. The summed E-state index contributed by atoms with van der Waals surface area (Å²) in [6, 6.07) is 4.63. The quantitative estimate of drug-likeness (QED) is 0.730. The normalized spacial score (nSPS) is 24.9. The first-order chi connectivity index (χ1) is 13.6. The molecule has 1 atom stereocenters. The second-order valence-corrected chi connectivity index (χ2v) is 8.13. The fraction of sp³-hybridized carbons (Fsp3) is 0.619. The minimum absolute atomic E-state index is 0.0187. The summed E-state index contributed by atoms with van der Waals surface area (Å²) in [6.07, 6.45) is 3.99. The monoisotopic (exact) mass is 384 g/mol. The molecule has 0 aliphatic carbocycles. The Kier molecular flexibility index (Phi) is 5.82. The fourth-order valence-corrected chi connectivity index (χ4v) is 4.58. The van der Waals surface area contributed by atoms with Gasteiger partial charge in [0.25, 0.3) is 0 Å². The van der Waals surface area contributed by atoms with Gasteiger partial charge in [0.15, 0.2) is 0 Å². The zero-order valence-electron chi connectivity index (χ0n) is 16.8. The lowest BCUT2D eigenvalue weighted by Gasteiger charge is -2.41. The van der Waals surface area contributed by atoms with Gasteiger partial charge >= 0.3 is 0 Å². The molecular formula is C21H32N6O. The number of anilines is 2. The standard InChI is InChI=1S/C21H32N6O/c1-15-3-4-18(21(28)23-15)25-20-6-5-19(16(2)24-20)27-11-7-17(8-12-27)26-13-9-22-10-14-26/h5-6,17-18,22H,1,3-4,7-14H2,2H3,(H,23,28)(H,24,25). The van der Waals surface area contributed by atoms with Crippen LogP contribution in [0.2, 0.25) is 0 Å². The number of allylic oxidation sites excluding steroid dienone is 1. The number of carbonyl (C=O) groups excluding carboxylic acids is 1. The number of hydrogen-bond acceptors (Lipinski definition) is 6. The van der Waals surface area contributed by atoms with Gasteiger partial charge in [-0.25, -0.2) is 4.98 Å². The lowest BCUT2D eigenvalue weighted by atomic mass is 10.0. The van der Waals surface area contributed by atoms with E-state index in [0.29, 0.717) is 6.04 Å². The molecule has 4 heterocycles. The summed E-state index contributed by atoms with van der Waals surface area (Å²) < 4.78 is 0. The van der Waals surface area contributed by atoms with E-state index < -0.39 is 0 Å². The van der Waals surface area contributed by atoms with E-state index in [-0.39, 0.29) is 11.9 Å². The molecule has 3 N–H and O–H groups in total. The molecule has 0 spiro atoms. The van der Waals surface area contributed by atoms with Crippen LogP contribution in [0.25, 0.3) is 0 Å². The second-order valence-electron chi connectivity index (χ2n) is 8.13. The van der Waals surface area contributed by atoms with Crippen LogP contribution in [-0.2, 0) is 4.79 Å². The summed E-state index contributed by atoms with van der Waals surface area (Å²) in [6.45, 7) is 12.6. The molecule has 0 radical (unpaired) electrons. The molecule has 3 fully saturated rings. The average molecular weight is 385 g/mol. The molecule has 1 aromatic rings. The average Bonchev–Trinajstić information content (AvgIpc) is 2.71. The third-order valence-corrected chi connectivity index (χ3v) is 6.20. The van der Waals surface area contributed by atoms with Gasteiger partial charge in [-0.1, -0.05) is 6.58 Å². The van der Waals surface area contributed by atoms with Crippen molar-refractivity contribution in [2.75, 3.05) is 49.5 Å². The molecule has 4 rings (SSSR count). The van der Waals surface area contributed by atoms with E-state index in [1.54, 1.807) is 0 Å². The maximum Gasteiger partial charge on any atom is 0.246 e. The Labute approximate surface area is 167 Å². The highest BCUT2D eigenvalue weighted by molar-refractivity contribution is 5.86. The van der Waals surface area contributed by atoms with Gasteiger partial charge in [-0.05, 0) is 44.7 Å². The number of aromatic nitrogens is 1. The summed E-state index contributed by atoms with van der Waals surface area (Å²) in [7, 11) is 0. The number of hydrogen-bond donors (Lipinski definition) is 3. The molecule has 1 aromatic heterocycles. The van der Waals surface area contributed by atoms with Crippen molar-refractivity contribution in [3.63, 3.8) is 0 Å². The number of aryl methyl sites for hydroxylation is 1. The highest BCUT2D eigenvalue weighted by Crippen LogP contribution is 2.26. The summed E-state index contributed by atoms with van der Waals surface area (Å²) in [5, 5.41) is 9.54. The summed E-state index contributed by atoms with van der Waals surface area (Å²) in [5.74, 6) is 0.749. The van der Waals surface area contributed by atoms with Gasteiger partial charge < -0.3 is 20.9 Å². The molecule has 7 heteroatoms. The van der Waals surface area contributed by atoms with Crippen molar-refractivity contribution in [1.29, 1.82) is 0 Å². The van der Waals surface area contributed by atoms with Crippen LogP contribution in [0.5, 0.6) is 0 Å². The lowest BCUT2D eigenvalue weighted by Crippen LogP contribution is -2.52. The third kappa shape index (κ3) is 4.31. The highest BCUT2D eigenvalue weighted by Gasteiger charge is 2.27. The van der Waals surface area contributed by atoms with E-state index in [1.807, 2.05) is 6.07 Å². The predicted molar refractivity (Wildman–Crippen MR) is 113 cm³/mol. The Morgan fingerprint density at radius 3 is 2.57 bits per heavy atom. The van der Waals surface area contributed by atoms with E-state index >= 15 is 0 Å². The second kappa shape index (κ2) is 8.49. The number of nitrogens with zero attached hydrogens (tertiary/aromatic N) is 3. The van der Waals surface area contributed by atoms with E-state index in [0.717, 1.165) is 56.2 Å². The number of pyridine rings is 1. The van der Waals surface area contributed by atoms with Crippen molar-refractivity contribution < 1.29 is 4.79 Å². The van der Waals surface area contributed by atoms with Crippen LogP contribution in [-0.4, -0.2) is 67.1 Å². The van der Waals surface area contributed by atoms with E-state index in [4.69, 9.17) is 4.98 Å². The SMILES string of the molecule is C=C1CCC(Nc2ccc(N3CCC(N4CCNCC4)CC3)c(C)n2)C(=O)N1. The first kappa shape index (κ1) is 19.2. The van der Waals surface area contributed by atoms with Crippen molar-refractivity contribution in [3.05, 3.63) is 30.1 Å². The first-order valence-electron chi connectivity index (χ1n) is 10.5. The van der Waals surface area contributed by atoms with Crippen molar-refractivity contribution in [2.45, 2.75) is 44.7 Å². The maximum atomic E-state index is 12.1. The van der Waals surface area contributed by atoms with E-state index in [9.17, 15) is 4.79 Å². The van der Waals surface area contributed by atoms with Gasteiger partial charge in [-0.3, -0.25) is 9.69 Å². The zero-order valence-corrected chi connectivity index (χ0v) is 16.8. The summed E-state index contributed by atoms with van der Waals surface area (Å²) >= 11 is 0. The Morgan fingerprint density at radius 1 is 1.14 bits per heavy atom. The van der Waals surface area contributed by atoms with Gasteiger partial charge in [0.1, 0.15) is 11.9 Å². The molecule has 1 amide bonds. The molecule has 3 aliphatic rings. The number of piperidine rings is 2. The Bertz CT molecular complexity index is 722. The molecule has 1 unspecified atom stereocenters. The molecule has 152 valence electrons. The summed E-state index contributed by atoms with van der Waals surface area (Å²) in [4.78, 5) is 21.9. The van der Waals surface area contributed by atoms with Crippen LogP contribution in [0.1, 0.15) is 31.4 Å². The minimum Gasteiger partial charge on any atom is -0.370 e. The largest absolute Gasteiger partial charge is 0.370 e. The maximum absolute atomic E-state index is 12.1. The van der Waals surface area contributed by atoms with Crippen LogP contribution < -0.4 is 20.9 Å². The number of carbonyl (C=O) groups is 1. The smallest absolute Gasteiger partial charge is 0.246 e. The Balaban J connectivity index is 1.34. The highest BCUT2D eigenvalue weighted by atomic mass is 16.2. The number of nitrogens with one attached hydrogen (secondary N) is 3. The fourth-order valence-electron chi connectivity index (χ4n) is 4.58. The van der Waals surface area contributed by atoms with Crippen LogP contribution in [0, 0.1) is 6.92 Å². The number of rotatable bonds is 4. The third-order valence-electron chi connectivity index (χ3n) is 6.20. The Hall–Kier alpha value is -2.12. The minimum atomic E-state index is -0.238. The van der Waals surface area contributed by atoms with Crippen LogP contribution >= 0.6 is 0 Å². The van der Waals surface area contributed by atoms with Crippen LogP contribution in [0.3, 0.4) is 0 Å². The predicted octanol–water partition coefficient (Wildman–Crippen LogP) is 1.47. The van der Waals surface area contributed by atoms with Gasteiger partial charge in [0.2, 0.25) is 5.91 Å². The van der Waals surface area contributed by atoms with Gasteiger partial charge in [0, 0.05) is 51.0 Å². The van der Waals surface area contributed by atoms with Crippen molar-refractivity contribution in [1.82, 2.24) is 20.5 Å². The topological polar surface area (TPSA) is 72.5 Å². The lowest BCUT2D eigenvalue weighted by molar-refractivity contribution is -0.122. The molecule has 28 heavy (non-hydrogen) atoms. The van der Waals surface area contributed by atoms with E-state index in [2.05, 4.69) is 45.3 Å². The van der Waals surface area contributed by atoms with Gasteiger partial charge in [-0.2, -0.15) is 0 Å². The van der Waals surface area contributed by atoms with Crippen molar-refractivity contribution in [3.8, 4) is 0 Å². The van der Waals surface area contributed by atoms with Gasteiger partial charge in [-0.15, -0.1) is 0 Å². The number of piperazine rings is 1.